The van der Waals surface area contributed by atoms with E-state index in [1.807, 2.05) is 29.6 Å². The second kappa shape index (κ2) is 6.53. The summed E-state index contributed by atoms with van der Waals surface area (Å²) in [6.45, 7) is 0.684. The SMILES string of the molecule is O=C(Nc1cccc(C(=O)N2CCc3ccccc32)c1)c1cccs1. The highest BCUT2D eigenvalue weighted by atomic mass is 32.1. The lowest BCUT2D eigenvalue weighted by molar-refractivity contribution is 0.0987. The Morgan fingerprint density at radius 1 is 1.00 bits per heavy atom. The number of thiophene rings is 1. The minimum Gasteiger partial charge on any atom is -0.321 e. The summed E-state index contributed by atoms with van der Waals surface area (Å²) in [6, 6.07) is 18.7. The van der Waals surface area contributed by atoms with Crippen LogP contribution in [-0.4, -0.2) is 18.4 Å². The third-order valence-electron chi connectivity index (χ3n) is 4.24. The van der Waals surface area contributed by atoms with Gasteiger partial charge in [-0.15, -0.1) is 11.3 Å². The Morgan fingerprint density at radius 2 is 1.88 bits per heavy atom. The number of carbonyl (C=O) groups is 2. The van der Waals surface area contributed by atoms with Gasteiger partial charge in [-0.3, -0.25) is 9.59 Å². The van der Waals surface area contributed by atoms with Gasteiger partial charge < -0.3 is 10.2 Å². The van der Waals surface area contributed by atoms with Crippen LogP contribution in [0.1, 0.15) is 25.6 Å². The molecule has 0 atom stereocenters. The lowest BCUT2D eigenvalue weighted by Crippen LogP contribution is -2.28. The number of benzene rings is 2. The molecule has 0 spiro atoms. The summed E-state index contributed by atoms with van der Waals surface area (Å²) < 4.78 is 0. The molecule has 25 heavy (non-hydrogen) atoms. The summed E-state index contributed by atoms with van der Waals surface area (Å²) in [5.41, 5.74) is 3.36. The first-order valence-corrected chi connectivity index (χ1v) is 8.95. The van der Waals surface area contributed by atoms with Gasteiger partial charge in [0.25, 0.3) is 11.8 Å². The molecule has 1 N–H and O–H groups in total. The van der Waals surface area contributed by atoms with Crippen molar-refractivity contribution >= 4 is 34.5 Å². The predicted octanol–water partition coefficient (Wildman–Crippen LogP) is 4.20. The molecular formula is C20H16N2O2S. The van der Waals surface area contributed by atoms with Crippen LogP contribution in [0.3, 0.4) is 0 Å². The molecule has 0 unspecified atom stereocenters. The maximum absolute atomic E-state index is 12.9. The summed E-state index contributed by atoms with van der Waals surface area (Å²) in [4.78, 5) is 27.5. The lowest BCUT2D eigenvalue weighted by Gasteiger charge is -2.17. The number of hydrogen-bond acceptors (Lipinski definition) is 3. The van der Waals surface area contributed by atoms with E-state index in [2.05, 4.69) is 11.4 Å². The number of nitrogens with zero attached hydrogens (tertiary/aromatic N) is 1. The zero-order valence-electron chi connectivity index (χ0n) is 13.4. The first kappa shape index (κ1) is 15.6. The van der Waals surface area contributed by atoms with Crippen LogP contribution in [0.4, 0.5) is 11.4 Å². The van der Waals surface area contributed by atoms with Crippen molar-refractivity contribution in [1.82, 2.24) is 0 Å². The number of hydrogen-bond donors (Lipinski definition) is 1. The van der Waals surface area contributed by atoms with Gasteiger partial charge in [0.2, 0.25) is 0 Å². The topological polar surface area (TPSA) is 49.4 Å². The molecule has 5 heteroatoms. The van der Waals surface area contributed by atoms with Gasteiger partial charge in [0.05, 0.1) is 4.88 Å². The zero-order chi connectivity index (χ0) is 17.2. The van der Waals surface area contributed by atoms with Crippen molar-refractivity contribution in [3.63, 3.8) is 0 Å². The first-order valence-electron chi connectivity index (χ1n) is 8.07. The summed E-state index contributed by atoms with van der Waals surface area (Å²) in [5.74, 6) is -0.205. The van der Waals surface area contributed by atoms with Gasteiger partial charge in [-0.25, -0.2) is 0 Å². The minimum atomic E-state index is -0.161. The van der Waals surface area contributed by atoms with E-state index >= 15 is 0 Å². The minimum absolute atomic E-state index is 0.0443. The number of carbonyl (C=O) groups excluding carboxylic acids is 2. The molecule has 4 rings (SSSR count). The quantitative estimate of drug-likeness (QED) is 0.771. The van der Waals surface area contributed by atoms with Crippen LogP contribution in [0.2, 0.25) is 0 Å². The second-order valence-corrected chi connectivity index (χ2v) is 6.80. The van der Waals surface area contributed by atoms with Crippen LogP contribution in [0.15, 0.2) is 66.0 Å². The average molecular weight is 348 g/mol. The molecule has 2 amide bonds. The maximum atomic E-state index is 12.9. The van der Waals surface area contributed by atoms with Gasteiger partial charge in [0.1, 0.15) is 0 Å². The molecule has 1 aromatic heterocycles. The Hall–Kier alpha value is -2.92. The van der Waals surface area contributed by atoms with Crippen molar-refractivity contribution in [2.24, 2.45) is 0 Å². The number of para-hydroxylation sites is 1. The van der Waals surface area contributed by atoms with Gasteiger partial charge in [-0.05, 0) is 47.7 Å². The molecule has 2 heterocycles. The molecule has 1 aliphatic rings. The number of rotatable bonds is 3. The molecule has 0 saturated heterocycles. The van der Waals surface area contributed by atoms with E-state index in [1.165, 1.54) is 16.9 Å². The first-order chi connectivity index (χ1) is 12.2. The van der Waals surface area contributed by atoms with E-state index in [0.717, 1.165) is 12.1 Å². The Bertz CT molecular complexity index is 934. The number of fused-ring (bicyclic) bond motifs is 1. The van der Waals surface area contributed by atoms with E-state index in [1.54, 1.807) is 35.2 Å². The standard InChI is InChI=1S/C20H16N2O2S/c23-19(18-9-4-12-25-18)21-16-7-3-6-15(13-16)20(24)22-11-10-14-5-1-2-8-17(14)22/h1-9,12-13H,10-11H2,(H,21,23). The average Bonchev–Trinajstić information content (AvgIpc) is 3.31. The second-order valence-electron chi connectivity index (χ2n) is 5.85. The van der Waals surface area contributed by atoms with Crippen molar-refractivity contribution < 1.29 is 9.59 Å². The Balaban J connectivity index is 1.55. The smallest absolute Gasteiger partial charge is 0.265 e. The van der Waals surface area contributed by atoms with Crippen LogP contribution in [0.5, 0.6) is 0 Å². The molecule has 4 nitrogen and oxygen atoms in total. The molecule has 124 valence electrons. The van der Waals surface area contributed by atoms with Gasteiger partial charge in [0.15, 0.2) is 0 Å². The fraction of sp³-hybridized carbons (Fsp3) is 0.100. The third-order valence-corrected chi connectivity index (χ3v) is 5.11. The molecule has 0 bridgehead atoms. The van der Waals surface area contributed by atoms with E-state index in [0.29, 0.717) is 22.7 Å². The van der Waals surface area contributed by atoms with Crippen molar-refractivity contribution in [2.45, 2.75) is 6.42 Å². The number of amides is 2. The fourth-order valence-electron chi connectivity index (χ4n) is 3.04. The molecule has 3 aromatic rings. The van der Waals surface area contributed by atoms with Crippen LogP contribution in [0, 0.1) is 0 Å². The van der Waals surface area contributed by atoms with Crippen LogP contribution in [0.25, 0.3) is 0 Å². The number of anilines is 2. The van der Waals surface area contributed by atoms with Gasteiger partial charge in [-0.1, -0.05) is 30.3 Å². The van der Waals surface area contributed by atoms with Crippen LogP contribution in [-0.2, 0) is 6.42 Å². The summed E-state index contributed by atoms with van der Waals surface area (Å²) >= 11 is 1.39. The van der Waals surface area contributed by atoms with Gasteiger partial charge >= 0.3 is 0 Å². The highest BCUT2D eigenvalue weighted by Crippen LogP contribution is 2.29. The van der Waals surface area contributed by atoms with E-state index in [4.69, 9.17) is 0 Å². The lowest BCUT2D eigenvalue weighted by atomic mass is 10.1. The van der Waals surface area contributed by atoms with Gasteiger partial charge in [0, 0.05) is 23.5 Å². The highest BCUT2D eigenvalue weighted by molar-refractivity contribution is 7.12. The van der Waals surface area contributed by atoms with E-state index in [-0.39, 0.29) is 11.8 Å². The molecule has 0 fully saturated rings. The summed E-state index contributed by atoms with van der Waals surface area (Å²) in [6.07, 6.45) is 0.872. The number of nitrogens with one attached hydrogen (secondary N) is 1. The molecule has 1 aliphatic heterocycles. The van der Waals surface area contributed by atoms with Crippen molar-refractivity contribution in [3.05, 3.63) is 82.0 Å². The highest BCUT2D eigenvalue weighted by Gasteiger charge is 2.25. The maximum Gasteiger partial charge on any atom is 0.265 e. The Labute approximate surface area is 149 Å². The third kappa shape index (κ3) is 3.06. The van der Waals surface area contributed by atoms with E-state index < -0.39 is 0 Å². The summed E-state index contributed by atoms with van der Waals surface area (Å²) in [5, 5.41) is 4.71. The van der Waals surface area contributed by atoms with Gasteiger partial charge in [-0.2, -0.15) is 0 Å². The molecular weight excluding hydrogens is 332 g/mol. The monoisotopic (exact) mass is 348 g/mol. The molecule has 0 saturated carbocycles. The molecule has 0 radical (unpaired) electrons. The van der Waals surface area contributed by atoms with Crippen LogP contribution >= 0.6 is 11.3 Å². The van der Waals surface area contributed by atoms with Crippen molar-refractivity contribution in [2.75, 3.05) is 16.8 Å². The normalized spacial score (nSPS) is 12.7. The Kier molecular flexibility index (Phi) is 4.07. The largest absolute Gasteiger partial charge is 0.321 e. The summed E-state index contributed by atoms with van der Waals surface area (Å²) in [7, 11) is 0. The van der Waals surface area contributed by atoms with Crippen molar-refractivity contribution in [3.8, 4) is 0 Å². The Morgan fingerprint density at radius 3 is 2.72 bits per heavy atom. The predicted molar refractivity (Wildman–Crippen MR) is 101 cm³/mol. The van der Waals surface area contributed by atoms with Crippen molar-refractivity contribution in [1.29, 1.82) is 0 Å². The van der Waals surface area contributed by atoms with E-state index in [9.17, 15) is 9.59 Å². The molecule has 2 aromatic carbocycles. The van der Waals surface area contributed by atoms with Crippen LogP contribution < -0.4 is 10.2 Å². The molecule has 0 aliphatic carbocycles. The fourth-order valence-corrected chi connectivity index (χ4v) is 3.65. The zero-order valence-corrected chi connectivity index (χ0v) is 14.3.